The average molecular weight is 344 g/mol. The molecule has 0 fully saturated rings. The number of halogens is 1. The van der Waals surface area contributed by atoms with E-state index in [1.165, 1.54) is 18.2 Å². The van der Waals surface area contributed by atoms with Gasteiger partial charge >= 0.3 is 0 Å². The Morgan fingerprint density at radius 1 is 1.20 bits per heavy atom. The summed E-state index contributed by atoms with van der Waals surface area (Å²) in [5.74, 6) is -0.663. The Morgan fingerprint density at radius 2 is 2.00 bits per heavy atom. The molecule has 1 aliphatic heterocycles. The van der Waals surface area contributed by atoms with Gasteiger partial charge in [0.25, 0.3) is 5.56 Å². The average Bonchev–Trinajstić information content (AvgIpc) is 2.58. The number of fused-ring (bicyclic) bond motifs is 1. The van der Waals surface area contributed by atoms with Crippen molar-refractivity contribution in [3.8, 4) is 0 Å². The molecular formula is C18H21FN4O2. The van der Waals surface area contributed by atoms with Gasteiger partial charge in [-0.25, -0.2) is 9.07 Å². The van der Waals surface area contributed by atoms with Crippen molar-refractivity contribution in [1.29, 1.82) is 0 Å². The van der Waals surface area contributed by atoms with Gasteiger partial charge in [0, 0.05) is 25.7 Å². The van der Waals surface area contributed by atoms with E-state index in [-0.39, 0.29) is 23.8 Å². The molecule has 132 valence electrons. The van der Waals surface area contributed by atoms with E-state index in [4.69, 9.17) is 0 Å². The van der Waals surface area contributed by atoms with Gasteiger partial charge < -0.3 is 9.80 Å². The maximum atomic E-state index is 13.8. The monoisotopic (exact) mass is 344 g/mol. The summed E-state index contributed by atoms with van der Waals surface area (Å²) in [7, 11) is 0. The zero-order valence-corrected chi connectivity index (χ0v) is 14.4. The standard InChI is InChI=1S/C18H21FN4O2/c1-3-8-21-9-10-22(16-11-14(19)5-6-15(16)21)18(25)12-23-17(24)7-4-13(2)20-23/h4-7,11H,3,8-10,12H2,1-2H3. The lowest BCUT2D eigenvalue weighted by molar-refractivity contribution is -0.119. The van der Waals surface area contributed by atoms with Crippen molar-refractivity contribution in [3.63, 3.8) is 0 Å². The molecule has 0 atom stereocenters. The number of hydrogen-bond acceptors (Lipinski definition) is 4. The fourth-order valence-corrected chi connectivity index (χ4v) is 3.08. The number of carbonyl (C=O) groups is 1. The summed E-state index contributed by atoms with van der Waals surface area (Å²) in [6, 6.07) is 7.49. The van der Waals surface area contributed by atoms with Gasteiger partial charge in [-0.05, 0) is 37.6 Å². The van der Waals surface area contributed by atoms with Crippen LogP contribution in [0.1, 0.15) is 19.0 Å². The van der Waals surface area contributed by atoms with Gasteiger partial charge in [-0.15, -0.1) is 0 Å². The molecule has 6 nitrogen and oxygen atoms in total. The fraction of sp³-hybridized carbons (Fsp3) is 0.389. The second kappa shape index (κ2) is 7.04. The molecule has 0 bridgehead atoms. The van der Waals surface area contributed by atoms with Crippen molar-refractivity contribution in [2.45, 2.75) is 26.8 Å². The van der Waals surface area contributed by atoms with Crippen molar-refractivity contribution in [3.05, 3.63) is 52.2 Å². The van der Waals surface area contributed by atoms with Crippen LogP contribution in [0.2, 0.25) is 0 Å². The zero-order chi connectivity index (χ0) is 18.0. The summed E-state index contributed by atoms with van der Waals surface area (Å²) >= 11 is 0. The molecule has 1 aliphatic rings. The van der Waals surface area contributed by atoms with Crippen molar-refractivity contribution in [2.75, 3.05) is 29.4 Å². The first-order valence-corrected chi connectivity index (χ1v) is 8.39. The summed E-state index contributed by atoms with van der Waals surface area (Å²) in [4.78, 5) is 28.3. The van der Waals surface area contributed by atoms with Gasteiger partial charge in [-0.3, -0.25) is 9.59 Å². The number of benzene rings is 1. The zero-order valence-electron chi connectivity index (χ0n) is 14.4. The van der Waals surface area contributed by atoms with E-state index in [0.29, 0.717) is 24.5 Å². The largest absolute Gasteiger partial charge is 0.368 e. The van der Waals surface area contributed by atoms with Gasteiger partial charge in [0.1, 0.15) is 12.4 Å². The van der Waals surface area contributed by atoms with Gasteiger partial charge in [-0.2, -0.15) is 5.10 Å². The van der Waals surface area contributed by atoms with E-state index in [9.17, 15) is 14.0 Å². The van der Waals surface area contributed by atoms with Crippen LogP contribution in [0.5, 0.6) is 0 Å². The molecule has 2 heterocycles. The molecule has 25 heavy (non-hydrogen) atoms. The second-order valence-electron chi connectivity index (χ2n) is 6.14. The number of amides is 1. The maximum Gasteiger partial charge on any atom is 0.267 e. The highest BCUT2D eigenvalue weighted by Gasteiger charge is 2.27. The number of nitrogens with zero attached hydrogens (tertiary/aromatic N) is 4. The SMILES string of the molecule is CCCN1CCN(C(=O)Cn2nc(C)ccc2=O)c2cc(F)ccc21. The normalized spacial score (nSPS) is 13.7. The summed E-state index contributed by atoms with van der Waals surface area (Å²) in [5.41, 5.74) is 1.72. The second-order valence-corrected chi connectivity index (χ2v) is 6.14. The van der Waals surface area contributed by atoms with Crippen LogP contribution in [0, 0.1) is 12.7 Å². The molecule has 0 spiro atoms. The maximum absolute atomic E-state index is 13.8. The summed E-state index contributed by atoms with van der Waals surface area (Å²) in [6.07, 6.45) is 0.966. The molecule has 7 heteroatoms. The topological polar surface area (TPSA) is 58.4 Å². The Hall–Kier alpha value is -2.70. The van der Waals surface area contributed by atoms with E-state index >= 15 is 0 Å². The van der Waals surface area contributed by atoms with Crippen molar-refractivity contribution < 1.29 is 9.18 Å². The van der Waals surface area contributed by atoms with Crippen molar-refractivity contribution >= 4 is 17.3 Å². The lowest BCUT2D eigenvalue weighted by Gasteiger charge is -2.37. The van der Waals surface area contributed by atoms with Gasteiger partial charge in [0.2, 0.25) is 5.91 Å². The van der Waals surface area contributed by atoms with Crippen LogP contribution in [0.4, 0.5) is 15.8 Å². The number of hydrogen-bond donors (Lipinski definition) is 0. The first kappa shape index (κ1) is 17.1. The Morgan fingerprint density at radius 3 is 2.76 bits per heavy atom. The van der Waals surface area contributed by atoms with E-state index < -0.39 is 0 Å². The third kappa shape index (κ3) is 3.55. The van der Waals surface area contributed by atoms with Gasteiger partial charge in [0.15, 0.2) is 0 Å². The molecule has 0 saturated carbocycles. The van der Waals surface area contributed by atoms with Crippen LogP contribution in [0.25, 0.3) is 0 Å². The minimum atomic E-state index is -0.388. The molecule has 3 rings (SSSR count). The lowest BCUT2D eigenvalue weighted by atomic mass is 10.1. The summed E-state index contributed by atoms with van der Waals surface area (Å²) in [6.45, 7) is 5.65. The van der Waals surface area contributed by atoms with Crippen LogP contribution < -0.4 is 15.4 Å². The number of aryl methyl sites for hydroxylation is 1. The van der Waals surface area contributed by atoms with Crippen molar-refractivity contribution in [2.24, 2.45) is 0 Å². The van der Waals surface area contributed by atoms with Gasteiger partial charge in [0.05, 0.1) is 17.1 Å². The number of aromatic nitrogens is 2. The molecule has 1 aromatic heterocycles. The highest BCUT2D eigenvalue weighted by Crippen LogP contribution is 2.34. The number of carbonyl (C=O) groups excluding carboxylic acids is 1. The third-order valence-corrected chi connectivity index (χ3v) is 4.24. The Balaban J connectivity index is 1.90. The van der Waals surface area contributed by atoms with Crippen LogP contribution in [0.15, 0.2) is 35.1 Å². The van der Waals surface area contributed by atoms with E-state index in [2.05, 4.69) is 16.9 Å². The van der Waals surface area contributed by atoms with E-state index in [1.54, 1.807) is 24.0 Å². The molecular weight excluding hydrogens is 323 g/mol. The van der Waals surface area contributed by atoms with E-state index in [0.717, 1.165) is 23.3 Å². The number of anilines is 2. The Kier molecular flexibility index (Phi) is 4.83. The highest BCUT2D eigenvalue weighted by atomic mass is 19.1. The van der Waals surface area contributed by atoms with Crippen LogP contribution in [0.3, 0.4) is 0 Å². The molecule has 0 radical (unpaired) electrons. The van der Waals surface area contributed by atoms with Crippen LogP contribution in [-0.4, -0.2) is 35.3 Å². The Labute approximate surface area is 145 Å². The van der Waals surface area contributed by atoms with E-state index in [1.807, 2.05) is 0 Å². The highest BCUT2D eigenvalue weighted by molar-refractivity contribution is 5.97. The molecule has 0 N–H and O–H groups in total. The minimum absolute atomic E-state index is 0.162. The summed E-state index contributed by atoms with van der Waals surface area (Å²) in [5, 5.41) is 4.10. The summed E-state index contributed by atoms with van der Waals surface area (Å²) < 4.78 is 14.9. The first-order valence-electron chi connectivity index (χ1n) is 8.39. The van der Waals surface area contributed by atoms with Crippen LogP contribution in [-0.2, 0) is 11.3 Å². The first-order chi connectivity index (χ1) is 12.0. The quantitative estimate of drug-likeness (QED) is 0.851. The van der Waals surface area contributed by atoms with Gasteiger partial charge in [-0.1, -0.05) is 6.92 Å². The molecule has 0 saturated heterocycles. The predicted octanol–water partition coefficient (Wildman–Crippen LogP) is 1.95. The lowest BCUT2D eigenvalue weighted by Crippen LogP contribution is -2.46. The molecule has 1 aromatic carbocycles. The smallest absolute Gasteiger partial charge is 0.267 e. The molecule has 1 amide bonds. The Bertz CT molecular complexity index is 849. The van der Waals surface area contributed by atoms with Crippen molar-refractivity contribution in [1.82, 2.24) is 9.78 Å². The minimum Gasteiger partial charge on any atom is -0.368 e. The molecule has 0 aliphatic carbocycles. The molecule has 2 aromatic rings. The molecule has 0 unspecified atom stereocenters. The number of rotatable bonds is 4. The predicted molar refractivity (Wildman–Crippen MR) is 94.5 cm³/mol. The fourth-order valence-electron chi connectivity index (χ4n) is 3.08. The van der Waals surface area contributed by atoms with Crippen LogP contribution >= 0.6 is 0 Å². The third-order valence-electron chi connectivity index (χ3n) is 4.24.